The van der Waals surface area contributed by atoms with E-state index in [4.69, 9.17) is 22.1 Å². The molecule has 1 heterocycles. The van der Waals surface area contributed by atoms with E-state index in [1.165, 1.54) is 13.2 Å². The number of carbonyl (C=O) groups is 1. The van der Waals surface area contributed by atoms with Crippen LogP contribution in [0.1, 0.15) is 22.6 Å². The molecule has 28 heavy (non-hydrogen) atoms. The van der Waals surface area contributed by atoms with E-state index in [0.717, 1.165) is 29.7 Å². The van der Waals surface area contributed by atoms with E-state index in [1.54, 1.807) is 6.07 Å². The Kier molecular flexibility index (Phi) is 8.88. The highest BCUT2D eigenvalue weighted by atomic mass is 35.5. The van der Waals surface area contributed by atoms with Gasteiger partial charge >= 0.3 is 0 Å². The molecule has 1 amide bonds. The number of para-hydroxylation sites is 2. The van der Waals surface area contributed by atoms with Gasteiger partial charge in [0.1, 0.15) is 11.6 Å². The van der Waals surface area contributed by atoms with Gasteiger partial charge < -0.3 is 20.4 Å². The molecule has 9 heteroatoms. The third-order valence-corrected chi connectivity index (χ3v) is 4.63. The largest absolute Gasteiger partial charge is 0.496 e. The lowest BCUT2D eigenvalue weighted by Gasteiger charge is -2.11. The maximum absolute atomic E-state index is 12.4. The van der Waals surface area contributed by atoms with E-state index in [-0.39, 0.29) is 30.7 Å². The number of amides is 1. The molecule has 0 unspecified atom stereocenters. The number of rotatable bonds is 6. The first-order chi connectivity index (χ1) is 12.5. The Labute approximate surface area is 181 Å². The van der Waals surface area contributed by atoms with Crippen molar-refractivity contribution in [3.05, 3.63) is 52.8 Å². The predicted molar refractivity (Wildman–Crippen MR) is 118 cm³/mol. The van der Waals surface area contributed by atoms with Gasteiger partial charge in [-0.3, -0.25) is 4.79 Å². The van der Waals surface area contributed by atoms with Crippen molar-refractivity contribution in [2.75, 3.05) is 19.4 Å². The van der Waals surface area contributed by atoms with E-state index < -0.39 is 0 Å². The first kappa shape index (κ1) is 23.9. The van der Waals surface area contributed by atoms with Crippen molar-refractivity contribution >= 4 is 59.0 Å². The fourth-order valence-electron chi connectivity index (χ4n) is 2.88. The summed E-state index contributed by atoms with van der Waals surface area (Å²) in [5.74, 6) is 1.15. The molecule has 0 radical (unpaired) electrons. The van der Waals surface area contributed by atoms with Crippen molar-refractivity contribution in [1.82, 2.24) is 14.9 Å². The molecule has 0 atom stereocenters. The highest BCUT2D eigenvalue weighted by molar-refractivity contribution is 6.33. The minimum atomic E-state index is -0.242. The summed E-state index contributed by atoms with van der Waals surface area (Å²) in [6.07, 6.45) is 1.54. The first-order valence-electron chi connectivity index (χ1n) is 8.32. The smallest absolute Gasteiger partial charge is 0.255 e. The number of nitrogen functional groups attached to an aromatic ring is 1. The Morgan fingerprint density at radius 3 is 2.68 bits per heavy atom. The summed E-state index contributed by atoms with van der Waals surface area (Å²) in [6.45, 7) is 0.521. The maximum Gasteiger partial charge on any atom is 0.255 e. The van der Waals surface area contributed by atoms with E-state index >= 15 is 0 Å². The molecule has 0 fully saturated rings. The van der Waals surface area contributed by atoms with Gasteiger partial charge in [-0.15, -0.1) is 24.8 Å². The standard InChI is InChI=1S/C19H21ClN4O2.2ClH/c1-24-16-7-4-3-6-15(16)23-18(24)8-5-9-22-19(25)12-10-13(20)14(21)11-17(12)26-2;;/h3-4,6-7,10-11H,5,8-9,21H2,1-2H3,(H,22,25);2*1H. The zero-order valence-corrected chi connectivity index (χ0v) is 18.0. The van der Waals surface area contributed by atoms with Crippen molar-refractivity contribution in [2.24, 2.45) is 7.05 Å². The Morgan fingerprint density at radius 2 is 2.00 bits per heavy atom. The minimum Gasteiger partial charge on any atom is -0.496 e. The zero-order valence-electron chi connectivity index (χ0n) is 15.6. The lowest BCUT2D eigenvalue weighted by atomic mass is 10.1. The number of methoxy groups -OCH3 is 1. The Hall–Kier alpha value is -2.15. The third-order valence-electron chi connectivity index (χ3n) is 4.31. The molecule has 3 N–H and O–H groups in total. The van der Waals surface area contributed by atoms with Crippen molar-refractivity contribution in [1.29, 1.82) is 0 Å². The topological polar surface area (TPSA) is 82.2 Å². The van der Waals surface area contributed by atoms with Crippen LogP contribution in [0.25, 0.3) is 11.0 Å². The van der Waals surface area contributed by atoms with Gasteiger partial charge in [0.2, 0.25) is 0 Å². The third kappa shape index (κ3) is 5.01. The monoisotopic (exact) mass is 444 g/mol. The second-order valence-electron chi connectivity index (χ2n) is 6.01. The molecule has 0 aliphatic rings. The van der Waals surface area contributed by atoms with Gasteiger partial charge in [0.25, 0.3) is 5.91 Å². The number of halogens is 3. The van der Waals surface area contributed by atoms with Gasteiger partial charge in [-0.2, -0.15) is 0 Å². The van der Waals surface area contributed by atoms with Gasteiger partial charge in [0.05, 0.1) is 34.4 Å². The summed E-state index contributed by atoms with van der Waals surface area (Å²) in [6, 6.07) is 11.1. The fraction of sp³-hybridized carbons (Fsp3) is 0.263. The zero-order chi connectivity index (χ0) is 18.7. The number of carbonyl (C=O) groups excluding carboxylic acids is 1. The number of hydrogen-bond donors (Lipinski definition) is 2. The number of aromatic nitrogens is 2. The van der Waals surface area contributed by atoms with Gasteiger partial charge in [-0.1, -0.05) is 23.7 Å². The molecule has 0 saturated heterocycles. The molecule has 0 saturated carbocycles. The molecule has 1 aromatic heterocycles. The van der Waals surface area contributed by atoms with Crippen LogP contribution in [0.15, 0.2) is 36.4 Å². The van der Waals surface area contributed by atoms with Crippen LogP contribution >= 0.6 is 36.4 Å². The number of nitrogens with two attached hydrogens (primary N) is 1. The maximum atomic E-state index is 12.4. The number of imidazole rings is 1. The minimum absolute atomic E-state index is 0. The second-order valence-corrected chi connectivity index (χ2v) is 6.42. The van der Waals surface area contributed by atoms with Gasteiger partial charge in [0.15, 0.2) is 0 Å². The molecule has 0 bridgehead atoms. The quantitative estimate of drug-likeness (QED) is 0.443. The summed E-state index contributed by atoms with van der Waals surface area (Å²) < 4.78 is 7.30. The average Bonchev–Trinajstić information content (AvgIpc) is 2.96. The van der Waals surface area contributed by atoms with Gasteiger partial charge in [0, 0.05) is 26.1 Å². The molecular formula is C19H23Cl3N4O2. The first-order valence-corrected chi connectivity index (χ1v) is 8.70. The fourth-order valence-corrected chi connectivity index (χ4v) is 3.04. The molecule has 0 aliphatic carbocycles. The van der Waals surface area contributed by atoms with Crippen molar-refractivity contribution in [2.45, 2.75) is 12.8 Å². The van der Waals surface area contributed by atoms with Crippen LogP contribution in [-0.4, -0.2) is 29.1 Å². The molecule has 0 aliphatic heterocycles. The van der Waals surface area contributed by atoms with Crippen molar-refractivity contribution in [3.63, 3.8) is 0 Å². The van der Waals surface area contributed by atoms with Crippen LogP contribution in [-0.2, 0) is 13.5 Å². The summed E-state index contributed by atoms with van der Waals surface area (Å²) in [4.78, 5) is 17.0. The van der Waals surface area contributed by atoms with E-state index in [0.29, 0.717) is 28.6 Å². The molecule has 6 nitrogen and oxygen atoms in total. The summed E-state index contributed by atoms with van der Waals surface area (Å²) in [5, 5.41) is 3.22. The predicted octanol–water partition coefficient (Wildman–Crippen LogP) is 4.02. The second kappa shape index (κ2) is 10.4. The average molecular weight is 446 g/mol. The number of aryl methyl sites for hydroxylation is 2. The van der Waals surface area contributed by atoms with Crippen LogP contribution in [0.5, 0.6) is 5.75 Å². The SMILES string of the molecule is COc1cc(N)c(Cl)cc1C(=O)NCCCc1nc2ccccc2n1C.Cl.Cl. The summed E-state index contributed by atoms with van der Waals surface area (Å²) >= 11 is 6.01. The summed E-state index contributed by atoms with van der Waals surface area (Å²) in [7, 11) is 3.50. The molecule has 3 aromatic rings. The van der Waals surface area contributed by atoms with Crippen LogP contribution < -0.4 is 15.8 Å². The summed E-state index contributed by atoms with van der Waals surface area (Å²) in [5.41, 5.74) is 8.58. The van der Waals surface area contributed by atoms with Crippen LogP contribution in [0.3, 0.4) is 0 Å². The Bertz CT molecular complexity index is 960. The number of fused-ring (bicyclic) bond motifs is 1. The number of anilines is 1. The molecule has 152 valence electrons. The Morgan fingerprint density at radius 1 is 1.29 bits per heavy atom. The van der Waals surface area contributed by atoms with Crippen LogP contribution in [0.4, 0.5) is 5.69 Å². The number of benzene rings is 2. The number of nitrogens with one attached hydrogen (secondary N) is 1. The highest BCUT2D eigenvalue weighted by Gasteiger charge is 2.15. The molecule has 0 spiro atoms. The molecule has 2 aromatic carbocycles. The lowest BCUT2D eigenvalue weighted by molar-refractivity contribution is 0.0950. The Balaban J connectivity index is 0.00000196. The van der Waals surface area contributed by atoms with Gasteiger partial charge in [-0.25, -0.2) is 4.98 Å². The van der Waals surface area contributed by atoms with Gasteiger partial charge in [-0.05, 0) is 24.6 Å². The number of ether oxygens (including phenoxy) is 1. The molecule has 3 rings (SSSR count). The van der Waals surface area contributed by atoms with E-state index in [1.807, 2.05) is 31.3 Å². The van der Waals surface area contributed by atoms with Crippen LogP contribution in [0.2, 0.25) is 5.02 Å². The molecular weight excluding hydrogens is 423 g/mol. The lowest BCUT2D eigenvalue weighted by Crippen LogP contribution is -2.25. The normalized spacial score (nSPS) is 10.1. The van der Waals surface area contributed by atoms with Crippen LogP contribution in [0, 0.1) is 0 Å². The number of nitrogens with zero attached hydrogens (tertiary/aromatic N) is 2. The van der Waals surface area contributed by atoms with E-state index in [9.17, 15) is 4.79 Å². The number of hydrogen-bond acceptors (Lipinski definition) is 4. The van der Waals surface area contributed by atoms with Crippen molar-refractivity contribution < 1.29 is 9.53 Å². The van der Waals surface area contributed by atoms with E-state index in [2.05, 4.69) is 14.9 Å². The highest BCUT2D eigenvalue weighted by Crippen LogP contribution is 2.28. The van der Waals surface area contributed by atoms with Crippen molar-refractivity contribution in [3.8, 4) is 5.75 Å².